The van der Waals surface area contributed by atoms with E-state index in [2.05, 4.69) is 0 Å². The van der Waals surface area contributed by atoms with Crippen molar-refractivity contribution in [2.45, 2.75) is 69.5 Å². The average molecular weight is 362 g/mol. The standard InChI is InChI=1S/C15H20F6O3/c1-3-11(22)24-12(2)6-8-4-10(12)5-9(8)7-13(23,14(16,17)18)15(19,20)21/h8-10,23H,3-7H2,1-2H3. The molecule has 140 valence electrons. The van der Waals surface area contributed by atoms with Crippen molar-refractivity contribution in [2.75, 3.05) is 0 Å². The molecule has 0 aromatic carbocycles. The van der Waals surface area contributed by atoms with Gasteiger partial charge in [0.05, 0.1) is 0 Å². The van der Waals surface area contributed by atoms with Crippen LogP contribution in [0.4, 0.5) is 26.3 Å². The SMILES string of the molecule is CCC(=O)OC1(C)CC2CC1CC2CC(O)(C(F)(F)F)C(F)(F)F. The van der Waals surface area contributed by atoms with E-state index in [4.69, 9.17) is 4.74 Å². The first kappa shape index (κ1) is 19.3. The monoisotopic (exact) mass is 362 g/mol. The number of alkyl halides is 6. The predicted molar refractivity (Wildman–Crippen MR) is 70.8 cm³/mol. The van der Waals surface area contributed by atoms with Crippen molar-refractivity contribution in [3.8, 4) is 0 Å². The fourth-order valence-corrected chi connectivity index (χ4v) is 4.13. The largest absolute Gasteiger partial charge is 0.459 e. The summed E-state index contributed by atoms with van der Waals surface area (Å²) in [6.07, 6.45) is -12.1. The Morgan fingerprint density at radius 1 is 1.17 bits per heavy atom. The summed E-state index contributed by atoms with van der Waals surface area (Å²) >= 11 is 0. The van der Waals surface area contributed by atoms with E-state index in [9.17, 15) is 36.2 Å². The van der Waals surface area contributed by atoms with Gasteiger partial charge in [0, 0.05) is 6.42 Å². The molecule has 9 heteroatoms. The van der Waals surface area contributed by atoms with Crippen molar-refractivity contribution in [2.24, 2.45) is 17.8 Å². The van der Waals surface area contributed by atoms with Gasteiger partial charge < -0.3 is 9.84 Å². The van der Waals surface area contributed by atoms with Gasteiger partial charge in [-0.25, -0.2) is 0 Å². The Morgan fingerprint density at radius 3 is 2.08 bits per heavy atom. The van der Waals surface area contributed by atoms with Gasteiger partial charge in [0.2, 0.25) is 0 Å². The van der Waals surface area contributed by atoms with Crippen molar-refractivity contribution in [1.82, 2.24) is 0 Å². The van der Waals surface area contributed by atoms with E-state index < -0.39 is 47.8 Å². The van der Waals surface area contributed by atoms with Crippen molar-refractivity contribution >= 4 is 5.97 Å². The average Bonchev–Trinajstić information content (AvgIpc) is 2.92. The Balaban J connectivity index is 2.12. The van der Waals surface area contributed by atoms with Crippen LogP contribution in [0.1, 0.15) is 46.0 Å². The number of rotatable bonds is 4. The summed E-state index contributed by atoms with van der Waals surface area (Å²) in [6, 6.07) is 0. The highest BCUT2D eigenvalue weighted by atomic mass is 19.4. The number of hydrogen-bond donors (Lipinski definition) is 1. The third-order valence-corrected chi connectivity index (χ3v) is 5.50. The number of fused-ring (bicyclic) bond motifs is 2. The van der Waals surface area contributed by atoms with E-state index in [-0.39, 0.29) is 25.2 Å². The summed E-state index contributed by atoms with van der Waals surface area (Å²) in [7, 11) is 0. The maximum absolute atomic E-state index is 12.8. The molecular weight excluding hydrogens is 342 g/mol. The second kappa shape index (κ2) is 5.78. The number of hydrogen-bond acceptors (Lipinski definition) is 3. The third kappa shape index (κ3) is 3.11. The Kier molecular flexibility index (Phi) is 4.65. The van der Waals surface area contributed by atoms with Crippen molar-refractivity contribution in [3.05, 3.63) is 0 Å². The summed E-state index contributed by atoms with van der Waals surface area (Å²) in [5.41, 5.74) is -5.55. The molecule has 2 rings (SSSR count). The Labute approximate surface area is 135 Å². The molecule has 2 fully saturated rings. The fraction of sp³-hybridized carbons (Fsp3) is 0.933. The molecule has 2 bridgehead atoms. The predicted octanol–water partition coefficient (Wildman–Crippen LogP) is 3.99. The van der Waals surface area contributed by atoms with Gasteiger partial charge in [-0.05, 0) is 50.4 Å². The third-order valence-electron chi connectivity index (χ3n) is 5.50. The topological polar surface area (TPSA) is 46.5 Å². The smallest absolute Gasteiger partial charge is 0.426 e. The second-order valence-corrected chi connectivity index (χ2v) is 7.09. The first-order chi connectivity index (χ1) is 10.7. The molecule has 0 heterocycles. The van der Waals surface area contributed by atoms with Crippen molar-refractivity contribution in [1.29, 1.82) is 0 Å². The van der Waals surface area contributed by atoms with Crippen molar-refractivity contribution < 1.29 is 41.0 Å². The zero-order chi connectivity index (χ0) is 18.6. The first-order valence-electron chi connectivity index (χ1n) is 7.81. The van der Waals surface area contributed by atoms with Crippen molar-refractivity contribution in [3.63, 3.8) is 0 Å². The van der Waals surface area contributed by atoms with Gasteiger partial charge in [-0.1, -0.05) is 6.92 Å². The molecule has 1 N–H and O–H groups in total. The lowest BCUT2D eigenvalue weighted by molar-refractivity contribution is -0.373. The highest BCUT2D eigenvalue weighted by molar-refractivity contribution is 5.69. The Hall–Kier alpha value is -0.990. The molecule has 4 atom stereocenters. The maximum Gasteiger partial charge on any atom is 0.426 e. The van der Waals surface area contributed by atoms with Crippen LogP contribution in [0.5, 0.6) is 0 Å². The number of carbonyl (C=O) groups is 1. The van der Waals surface area contributed by atoms with E-state index in [1.807, 2.05) is 0 Å². The lowest BCUT2D eigenvalue weighted by atomic mass is 9.75. The van der Waals surface area contributed by atoms with Gasteiger partial charge in [0.1, 0.15) is 5.60 Å². The number of carbonyl (C=O) groups excluding carboxylic acids is 1. The molecule has 0 amide bonds. The lowest BCUT2D eigenvalue weighted by Gasteiger charge is -2.40. The molecule has 24 heavy (non-hydrogen) atoms. The van der Waals surface area contributed by atoms with Gasteiger partial charge >= 0.3 is 18.3 Å². The zero-order valence-electron chi connectivity index (χ0n) is 13.3. The molecule has 0 spiro atoms. The lowest BCUT2D eigenvalue weighted by Crippen LogP contribution is -2.58. The highest BCUT2D eigenvalue weighted by Gasteiger charge is 2.71. The molecule has 0 radical (unpaired) electrons. The minimum atomic E-state index is -5.79. The molecule has 3 nitrogen and oxygen atoms in total. The number of aliphatic hydroxyl groups is 1. The quantitative estimate of drug-likeness (QED) is 0.608. The van der Waals surface area contributed by atoms with Gasteiger partial charge in [-0.15, -0.1) is 0 Å². The molecule has 0 saturated heterocycles. The molecule has 2 aliphatic carbocycles. The maximum atomic E-state index is 12.8. The molecule has 0 aromatic rings. The van der Waals surface area contributed by atoms with Gasteiger partial charge in [-0.3, -0.25) is 4.79 Å². The number of halogens is 6. The molecule has 0 aromatic heterocycles. The van der Waals surface area contributed by atoms with Crippen LogP contribution >= 0.6 is 0 Å². The van der Waals surface area contributed by atoms with E-state index in [0.717, 1.165) is 0 Å². The normalized spacial score (nSPS) is 33.8. The van der Waals surface area contributed by atoms with Gasteiger partial charge in [0.25, 0.3) is 5.60 Å². The summed E-state index contributed by atoms with van der Waals surface area (Å²) < 4.78 is 82.3. The number of esters is 1. The number of ether oxygens (including phenoxy) is 1. The van der Waals surface area contributed by atoms with Crippen LogP contribution in [-0.2, 0) is 9.53 Å². The van der Waals surface area contributed by atoms with Crippen LogP contribution in [-0.4, -0.2) is 34.6 Å². The van der Waals surface area contributed by atoms with Gasteiger partial charge in [0.15, 0.2) is 0 Å². The van der Waals surface area contributed by atoms with E-state index in [0.29, 0.717) is 6.42 Å². The molecule has 2 saturated carbocycles. The Bertz CT molecular complexity index is 486. The second-order valence-electron chi connectivity index (χ2n) is 7.09. The minimum absolute atomic E-state index is 0.0760. The van der Waals surface area contributed by atoms with Crippen LogP contribution in [0.3, 0.4) is 0 Å². The molecule has 0 aliphatic heterocycles. The summed E-state index contributed by atoms with van der Waals surface area (Å²) in [6.45, 7) is 3.27. The van der Waals surface area contributed by atoms with Gasteiger partial charge in [-0.2, -0.15) is 26.3 Å². The summed E-state index contributed by atoms with van der Waals surface area (Å²) in [5, 5.41) is 9.35. The highest BCUT2D eigenvalue weighted by Crippen LogP contribution is 2.59. The minimum Gasteiger partial charge on any atom is -0.459 e. The molecular formula is C15H20F6O3. The zero-order valence-corrected chi connectivity index (χ0v) is 13.3. The van der Waals surface area contributed by atoms with E-state index in [1.54, 1.807) is 13.8 Å². The van der Waals surface area contributed by atoms with Crippen LogP contribution in [0.2, 0.25) is 0 Å². The van der Waals surface area contributed by atoms with Crippen LogP contribution < -0.4 is 0 Å². The van der Waals surface area contributed by atoms with Crippen LogP contribution in [0, 0.1) is 17.8 Å². The fourth-order valence-electron chi connectivity index (χ4n) is 4.13. The summed E-state index contributed by atoms with van der Waals surface area (Å²) in [4.78, 5) is 11.5. The van der Waals surface area contributed by atoms with Crippen LogP contribution in [0.15, 0.2) is 0 Å². The Morgan fingerprint density at radius 2 is 1.71 bits per heavy atom. The molecule has 2 aliphatic rings. The summed E-state index contributed by atoms with van der Waals surface area (Å²) in [5.74, 6) is -2.06. The van der Waals surface area contributed by atoms with E-state index in [1.165, 1.54) is 0 Å². The van der Waals surface area contributed by atoms with E-state index >= 15 is 0 Å². The molecule has 4 unspecified atom stereocenters. The first-order valence-corrected chi connectivity index (χ1v) is 7.81. The van der Waals surface area contributed by atoms with Crippen LogP contribution in [0.25, 0.3) is 0 Å².